The molecule has 1 aromatic heterocycles. The van der Waals surface area contributed by atoms with Crippen molar-refractivity contribution in [2.45, 2.75) is 19.4 Å². The van der Waals surface area contributed by atoms with Gasteiger partial charge in [-0.3, -0.25) is 14.7 Å². The van der Waals surface area contributed by atoms with Gasteiger partial charge < -0.3 is 0 Å². The summed E-state index contributed by atoms with van der Waals surface area (Å²) in [7, 11) is 0. The van der Waals surface area contributed by atoms with E-state index in [0.717, 1.165) is 43.7 Å². The molecule has 0 N–H and O–H groups in total. The van der Waals surface area contributed by atoms with Gasteiger partial charge >= 0.3 is 0 Å². The first-order chi connectivity index (χ1) is 10.7. The second-order valence-electron chi connectivity index (χ2n) is 5.77. The van der Waals surface area contributed by atoms with Crippen LogP contribution in [0, 0.1) is 5.92 Å². The number of Topliss-reactive ketones (excluding diaryl/α,β-unsaturated/α-hetero) is 1. The third-order valence-electron chi connectivity index (χ3n) is 4.12. The van der Waals surface area contributed by atoms with Gasteiger partial charge in [0.15, 0.2) is 5.78 Å². The zero-order valence-electron chi connectivity index (χ0n) is 12.4. The van der Waals surface area contributed by atoms with Crippen molar-refractivity contribution in [3.8, 4) is 0 Å². The normalized spacial score (nSPS) is 19.0. The summed E-state index contributed by atoms with van der Waals surface area (Å²) in [5, 5.41) is 0.664. The van der Waals surface area contributed by atoms with Gasteiger partial charge in [-0.25, -0.2) is 0 Å². The molecular formula is C18H19ClN2O. The molecule has 2 heterocycles. The van der Waals surface area contributed by atoms with Gasteiger partial charge in [0.2, 0.25) is 0 Å². The topological polar surface area (TPSA) is 33.2 Å². The maximum atomic E-state index is 12.6. The Hall–Kier alpha value is -1.71. The first kappa shape index (κ1) is 15.2. The van der Waals surface area contributed by atoms with Gasteiger partial charge in [-0.2, -0.15) is 0 Å². The molecule has 0 saturated carbocycles. The Morgan fingerprint density at radius 1 is 1.23 bits per heavy atom. The average Bonchev–Trinajstić information content (AvgIpc) is 2.56. The highest BCUT2D eigenvalue weighted by Gasteiger charge is 2.26. The molecule has 3 nitrogen and oxygen atoms in total. The van der Waals surface area contributed by atoms with Crippen LogP contribution < -0.4 is 0 Å². The summed E-state index contributed by atoms with van der Waals surface area (Å²) in [4.78, 5) is 19.3. The third kappa shape index (κ3) is 3.73. The van der Waals surface area contributed by atoms with Crippen LogP contribution >= 0.6 is 11.6 Å². The van der Waals surface area contributed by atoms with Crippen molar-refractivity contribution in [2.75, 3.05) is 13.1 Å². The number of pyridine rings is 1. The summed E-state index contributed by atoms with van der Waals surface area (Å²) in [6, 6.07) is 13.2. The molecule has 3 rings (SSSR count). The fraction of sp³-hybridized carbons (Fsp3) is 0.333. The van der Waals surface area contributed by atoms with Crippen LogP contribution in [0.1, 0.15) is 28.9 Å². The lowest BCUT2D eigenvalue weighted by atomic mass is 9.90. The molecule has 0 aliphatic carbocycles. The maximum Gasteiger partial charge on any atom is 0.167 e. The number of hydrogen-bond donors (Lipinski definition) is 0. The number of hydrogen-bond acceptors (Lipinski definition) is 3. The van der Waals surface area contributed by atoms with Crippen molar-refractivity contribution in [3.05, 3.63) is 64.9 Å². The average molecular weight is 315 g/mol. The molecule has 1 aliphatic heterocycles. The van der Waals surface area contributed by atoms with Crippen LogP contribution in [0.4, 0.5) is 0 Å². The van der Waals surface area contributed by atoms with E-state index < -0.39 is 0 Å². The van der Waals surface area contributed by atoms with Crippen LogP contribution in [-0.2, 0) is 6.54 Å². The highest BCUT2D eigenvalue weighted by Crippen LogP contribution is 2.22. The van der Waals surface area contributed by atoms with Crippen LogP contribution in [0.3, 0.4) is 0 Å². The number of piperidine rings is 1. The molecular weight excluding hydrogens is 296 g/mol. The van der Waals surface area contributed by atoms with Gasteiger partial charge in [-0.15, -0.1) is 0 Å². The Kier molecular flexibility index (Phi) is 4.86. The van der Waals surface area contributed by atoms with Crippen LogP contribution in [0.25, 0.3) is 0 Å². The molecule has 1 aliphatic rings. The number of aromatic nitrogens is 1. The highest BCUT2D eigenvalue weighted by atomic mass is 35.5. The molecule has 1 aromatic carbocycles. The molecule has 4 heteroatoms. The van der Waals surface area contributed by atoms with Crippen molar-refractivity contribution in [1.82, 2.24) is 9.88 Å². The summed E-state index contributed by atoms with van der Waals surface area (Å²) in [6.07, 6.45) is 3.83. The van der Waals surface area contributed by atoms with E-state index in [1.54, 1.807) is 12.1 Å². The number of halogens is 1. The SMILES string of the molecule is O=C(c1ccc(Cl)cc1)[C@@H]1CCCN(Cc2ccccn2)C1. The van der Waals surface area contributed by atoms with Crippen molar-refractivity contribution in [1.29, 1.82) is 0 Å². The molecule has 0 radical (unpaired) electrons. The third-order valence-corrected chi connectivity index (χ3v) is 4.37. The molecule has 0 bridgehead atoms. The van der Waals surface area contributed by atoms with Crippen LogP contribution in [0.2, 0.25) is 5.02 Å². The van der Waals surface area contributed by atoms with Crippen molar-refractivity contribution in [2.24, 2.45) is 5.92 Å². The molecule has 0 unspecified atom stereocenters. The quantitative estimate of drug-likeness (QED) is 0.804. The van der Waals surface area contributed by atoms with Gasteiger partial charge in [0.05, 0.1) is 5.69 Å². The predicted octanol–water partition coefficient (Wildman–Crippen LogP) is 3.83. The van der Waals surface area contributed by atoms with E-state index in [1.165, 1.54) is 0 Å². The standard InChI is InChI=1S/C18H19ClN2O/c19-16-8-6-14(7-9-16)18(22)15-4-3-11-21(12-15)13-17-5-1-2-10-20-17/h1-2,5-10,15H,3-4,11-13H2/t15-/m1/s1. The molecule has 0 spiro atoms. The largest absolute Gasteiger partial charge is 0.297 e. The van der Waals surface area contributed by atoms with E-state index in [-0.39, 0.29) is 11.7 Å². The molecule has 114 valence electrons. The number of likely N-dealkylation sites (tertiary alicyclic amines) is 1. The van der Waals surface area contributed by atoms with Gasteiger partial charge in [0.25, 0.3) is 0 Å². The van der Waals surface area contributed by atoms with Crippen molar-refractivity contribution in [3.63, 3.8) is 0 Å². The lowest BCUT2D eigenvalue weighted by molar-refractivity contribution is 0.0810. The predicted molar refractivity (Wildman–Crippen MR) is 88.0 cm³/mol. The molecule has 22 heavy (non-hydrogen) atoms. The molecule has 1 atom stereocenters. The van der Waals surface area contributed by atoms with E-state index in [0.29, 0.717) is 5.02 Å². The summed E-state index contributed by atoms with van der Waals surface area (Å²) in [5.74, 6) is 0.293. The number of ketones is 1. The lowest BCUT2D eigenvalue weighted by Crippen LogP contribution is -2.38. The first-order valence-electron chi connectivity index (χ1n) is 7.64. The van der Waals surface area contributed by atoms with E-state index in [9.17, 15) is 4.79 Å². The highest BCUT2D eigenvalue weighted by molar-refractivity contribution is 6.30. The minimum absolute atomic E-state index is 0.0682. The van der Waals surface area contributed by atoms with Crippen LogP contribution in [0.15, 0.2) is 48.7 Å². The lowest BCUT2D eigenvalue weighted by Gasteiger charge is -2.31. The Balaban J connectivity index is 1.65. The van der Waals surface area contributed by atoms with Gasteiger partial charge in [0.1, 0.15) is 0 Å². The minimum Gasteiger partial charge on any atom is -0.297 e. The Labute approximate surface area is 135 Å². The van der Waals surface area contributed by atoms with Crippen LogP contribution in [-0.4, -0.2) is 28.8 Å². The Bertz CT molecular complexity index is 627. The molecule has 0 amide bonds. The van der Waals surface area contributed by atoms with Crippen LogP contribution in [0.5, 0.6) is 0 Å². The summed E-state index contributed by atoms with van der Waals surface area (Å²) < 4.78 is 0. The smallest absolute Gasteiger partial charge is 0.167 e. The fourth-order valence-corrected chi connectivity index (χ4v) is 3.11. The Morgan fingerprint density at radius 2 is 2.05 bits per heavy atom. The summed E-state index contributed by atoms with van der Waals surface area (Å²) in [6.45, 7) is 2.64. The van der Waals surface area contributed by atoms with Crippen molar-refractivity contribution < 1.29 is 4.79 Å². The van der Waals surface area contributed by atoms with Crippen molar-refractivity contribution >= 4 is 17.4 Å². The molecule has 1 fully saturated rings. The number of benzene rings is 1. The van der Waals surface area contributed by atoms with Gasteiger partial charge in [0, 0.05) is 35.8 Å². The van der Waals surface area contributed by atoms with E-state index in [4.69, 9.17) is 11.6 Å². The van der Waals surface area contributed by atoms with E-state index in [1.807, 2.05) is 36.5 Å². The minimum atomic E-state index is 0.0682. The second-order valence-corrected chi connectivity index (χ2v) is 6.20. The summed E-state index contributed by atoms with van der Waals surface area (Å²) >= 11 is 5.89. The maximum absolute atomic E-state index is 12.6. The zero-order valence-corrected chi connectivity index (χ0v) is 13.2. The number of carbonyl (C=O) groups excluding carboxylic acids is 1. The first-order valence-corrected chi connectivity index (χ1v) is 8.02. The fourth-order valence-electron chi connectivity index (χ4n) is 2.98. The number of rotatable bonds is 4. The van der Waals surface area contributed by atoms with E-state index >= 15 is 0 Å². The Morgan fingerprint density at radius 3 is 2.77 bits per heavy atom. The van der Waals surface area contributed by atoms with E-state index in [2.05, 4.69) is 9.88 Å². The van der Waals surface area contributed by atoms with Gasteiger partial charge in [-0.05, 0) is 55.8 Å². The molecule has 2 aromatic rings. The van der Waals surface area contributed by atoms with Gasteiger partial charge in [-0.1, -0.05) is 17.7 Å². The molecule has 1 saturated heterocycles. The number of carbonyl (C=O) groups is 1. The monoisotopic (exact) mass is 314 g/mol. The number of nitrogens with zero attached hydrogens (tertiary/aromatic N) is 2. The summed E-state index contributed by atoms with van der Waals surface area (Å²) in [5.41, 5.74) is 1.82. The zero-order chi connectivity index (χ0) is 15.4. The second kappa shape index (κ2) is 7.03.